The predicted octanol–water partition coefficient (Wildman–Crippen LogP) is 0.532. The third-order valence-corrected chi connectivity index (χ3v) is 2.98. The Morgan fingerprint density at radius 3 is 2.78 bits per heavy atom. The Kier molecular flexibility index (Phi) is 5.21. The van der Waals surface area contributed by atoms with Gasteiger partial charge in [-0.25, -0.2) is 0 Å². The monoisotopic (exact) mass is 254 g/mol. The maximum Gasteiger partial charge on any atom is 0.220 e. The van der Waals surface area contributed by atoms with Gasteiger partial charge in [0.05, 0.1) is 6.04 Å². The van der Waals surface area contributed by atoms with Crippen molar-refractivity contribution in [1.29, 1.82) is 0 Å². The Balaban J connectivity index is 2.34. The number of tetrazole rings is 1. The fraction of sp³-hybridized carbons (Fsp3) is 0.818. The highest BCUT2D eigenvalue weighted by Crippen LogP contribution is 2.25. The third kappa shape index (κ3) is 4.79. The maximum absolute atomic E-state index is 11.8. The first-order chi connectivity index (χ1) is 8.44. The molecule has 1 aromatic rings. The minimum Gasteiger partial charge on any atom is -0.346 e. The summed E-state index contributed by atoms with van der Waals surface area (Å²) in [6, 6.07) is -0.228. The number of nitrogens with zero attached hydrogens (tertiary/aromatic N) is 3. The number of carbonyl (C=O) groups is 1. The molecule has 1 unspecified atom stereocenters. The molecule has 0 spiro atoms. The summed E-state index contributed by atoms with van der Waals surface area (Å²) in [5, 5.41) is 16.3. The van der Waals surface area contributed by atoms with Crippen LogP contribution in [0.4, 0.5) is 0 Å². The quantitative estimate of drug-likeness (QED) is 0.657. The van der Waals surface area contributed by atoms with Gasteiger partial charge in [-0.15, -0.1) is 10.2 Å². The van der Waals surface area contributed by atoms with Gasteiger partial charge in [0.25, 0.3) is 0 Å². The van der Waals surface area contributed by atoms with E-state index < -0.39 is 0 Å². The van der Waals surface area contributed by atoms with Crippen molar-refractivity contribution in [3.8, 4) is 0 Å². The van der Waals surface area contributed by atoms with Gasteiger partial charge in [-0.05, 0) is 31.7 Å². The van der Waals surface area contributed by atoms with E-state index in [-0.39, 0.29) is 17.4 Å². The molecule has 1 heterocycles. The van der Waals surface area contributed by atoms with Gasteiger partial charge in [-0.3, -0.25) is 4.79 Å². The minimum absolute atomic E-state index is 0.00241. The number of nitrogens with one attached hydrogen (secondary N) is 2. The Morgan fingerprint density at radius 2 is 2.22 bits per heavy atom. The molecule has 0 aliphatic carbocycles. The number of rotatable bonds is 7. The van der Waals surface area contributed by atoms with E-state index in [1.165, 1.54) is 0 Å². The molecular formula is C11H22N6O. The van der Waals surface area contributed by atoms with Crippen molar-refractivity contribution in [2.24, 2.45) is 11.1 Å². The average molecular weight is 254 g/mol. The smallest absolute Gasteiger partial charge is 0.220 e. The number of aromatic amines is 1. The lowest BCUT2D eigenvalue weighted by atomic mass is 9.84. The third-order valence-electron chi connectivity index (χ3n) is 2.98. The lowest BCUT2D eigenvalue weighted by Gasteiger charge is -2.23. The zero-order valence-electron chi connectivity index (χ0n) is 11.2. The SMILES string of the molecule is CC(NC(=O)CCC(C)(C)CCN)c1nn[nH]n1. The highest BCUT2D eigenvalue weighted by Gasteiger charge is 2.19. The number of carbonyl (C=O) groups excluding carboxylic acids is 1. The molecule has 0 aliphatic rings. The van der Waals surface area contributed by atoms with E-state index in [1.54, 1.807) is 0 Å². The second-order valence-corrected chi connectivity index (χ2v) is 5.26. The minimum atomic E-state index is -0.228. The molecular weight excluding hydrogens is 232 g/mol. The summed E-state index contributed by atoms with van der Waals surface area (Å²) in [6.45, 7) is 6.72. The molecule has 7 nitrogen and oxygen atoms in total. The van der Waals surface area contributed by atoms with Crippen molar-refractivity contribution in [2.75, 3.05) is 6.54 Å². The molecule has 0 aromatic carbocycles. The highest BCUT2D eigenvalue weighted by atomic mass is 16.1. The first kappa shape index (κ1) is 14.6. The van der Waals surface area contributed by atoms with E-state index >= 15 is 0 Å². The first-order valence-electron chi connectivity index (χ1n) is 6.17. The van der Waals surface area contributed by atoms with E-state index in [9.17, 15) is 4.79 Å². The van der Waals surface area contributed by atoms with Crippen LogP contribution in [0.3, 0.4) is 0 Å². The lowest BCUT2D eigenvalue weighted by Crippen LogP contribution is -2.29. The number of nitrogens with two attached hydrogens (primary N) is 1. The summed E-state index contributed by atoms with van der Waals surface area (Å²) in [7, 11) is 0. The number of amides is 1. The largest absolute Gasteiger partial charge is 0.346 e. The van der Waals surface area contributed by atoms with Crippen molar-refractivity contribution in [3.63, 3.8) is 0 Å². The van der Waals surface area contributed by atoms with E-state index in [1.807, 2.05) is 6.92 Å². The van der Waals surface area contributed by atoms with Gasteiger partial charge in [0.15, 0.2) is 5.82 Å². The molecule has 0 fully saturated rings. The summed E-state index contributed by atoms with van der Waals surface area (Å²) in [5.74, 6) is 0.488. The first-order valence-corrected chi connectivity index (χ1v) is 6.17. The maximum atomic E-state index is 11.8. The summed E-state index contributed by atoms with van der Waals surface area (Å²) in [4.78, 5) is 11.8. The van der Waals surface area contributed by atoms with Gasteiger partial charge in [0.2, 0.25) is 5.91 Å². The van der Waals surface area contributed by atoms with Crippen LogP contribution in [0.25, 0.3) is 0 Å². The van der Waals surface area contributed by atoms with Crippen LogP contribution in [0.5, 0.6) is 0 Å². The summed E-state index contributed by atoms with van der Waals surface area (Å²) < 4.78 is 0. The Hall–Kier alpha value is -1.50. The molecule has 1 atom stereocenters. The van der Waals surface area contributed by atoms with Crippen LogP contribution in [-0.2, 0) is 4.79 Å². The summed E-state index contributed by atoms with van der Waals surface area (Å²) >= 11 is 0. The van der Waals surface area contributed by atoms with E-state index in [2.05, 4.69) is 39.8 Å². The van der Waals surface area contributed by atoms with Crippen molar-refractivity contribution in [1.82, 2.24) is 25.9 Å². The van der Waals surface area contributed by atoms with Gasteiger partial charge in [0.1, 0.15) is 0 Å². The molecule has 18 heavy (non-hydrogen) atoms. The molecule has 1 aromatic heterocycles. The normalized spacial score (nSPS) is 13.3. The lowest BCUT2D eigenvalue weighted by molar-refractivity contribution is -0.122. The molecule has 7 heteroatoms. The number of hydrogen-bond donors (Lipinski definition) is 3. The van der Waals surface area contributed by atoms with Crippen LogP contribution < -0.4 is 11.1 Å². The van der Waals surface area contributed by atoms with Crippen LogP contribution >= 0.6 is 0 Å². The summed E-state index contributed by atoms with van der Waals surface area (Å²) in [6.07, 6.45) is 2.21. The molecule has 0 saturated heterocycles. The van der Waals surface area contributed by atoms with Crippen LogP contribution in [0.1, 0.15) is 51.9 Å². The Labute approximate surface area is 107 Å². The Bertz CT molecular complexity index is 362. The van der Waals surface area contributed by atoms with Crippen LogP contribution in [0, 0.1) is 5.41 Å². The molecule has 0 radical (unpaired) electrons. The van der Waals surface area contributed by atoms with Gasteiger partial charge >= 0.3 is 0 Å². The van der Waals surface area contributed by atoms with Crippen LogP contribution in [-0.4, -0.2) is 33.1 Å². The van der Waals surface area contributed by atoms with Crippen molar-refractivity contribution < 1.29 is 4.79 Å². The second kappa shape index (κ2) is 6.44. The summed E-state index contributed by atoms with van der Waals surface area (Å²) in [5.41, 5.74) is 5.64. The van der Waals surface area contributed by atoms with Crippen molar-refractivity contribution >= 4 is 5.91 Å². The zero-order valence-corrected chi connectivity index (χ0v) is 11.2. The van der Waals surface area contributed by atoms with Gasteiger partial charge < -0.3 is 11.1 Å². The zero-order chi connectivity index (χ0) is 13.6. The Morgan fingerprint density at radius 1 is 1.50 bits per heavy atom. The standard InChI is InChI=1S/C11H22N6O/c1-8(10-14-16-17-15-10)13-9(18)4-5-11(2,3)6-7-12/h8H,4-7,12H2,1-3H3,(H,13,18)(H,14,15,16,17). The molecule has 1 amide bonds. The van der Waals surface area contributed by atoms with E-state index in [0.29, 0.717) is 18.8 Å². The average Bonchev–Trinajstić information content (AvgIpc) is 2.80. The molecule has 0 bridgehead atoms. The number of aromatic nitrogens is 4. The van der Waals surface area contributed by atoms with Crippen LogP contribution in [0.15, 0.2) is 0 Å². The van der Waals surface area contributed by atoms with Crippen molar-refractivity contribution in [2.45, 2.75) is 46.1 Å². The molecule has 0 aliphatic heterocycles. The van der Waals surface area contributed by atoms with Crippen LogP contribution in [0.2, 0.25) is 0 Å². The second-order valence-electron chi connectivity index (χ2n) is 5.26. The molecule has 0 saturated carbocycles. The van der Waals surface area contributed by atoms with Gasteiger partial charge in [-0.2, -0.15) is 5.21 Å². The van der Waals surface area contributed by atoms with Gasteiger partial charge in [-0.1, -0.05) is 19.1 Å². The molecule has 1 rings (SSSR count). The molecule has 102 valence electrons. The van der Waals surface area contributed by atoms with E-state index in [0.717, 1.165) is 12.8 Å². The number of hydrogen-bond acceptors (Lipinski definition) is 5. The highest BCUT2D eigenvalue weighted by molar-refractivity contribution is 5.76. The number of H-pyrrole nitrogens is 1. The predicted molar refractivity (Wildman–Crippen MR) is 67.4 cm³/mol. The van der Waals surface area contributed by atoms with E-state index in [4.69, 9.17) is 5.73 Å². The fourth-order valence-electron chi connectivity index (χ4n) is 1.70. The fourth-order valence-corrected chi connectivity index (χ4v) is 1.70. The molecule has 4 N–H and O–H groups in total. The topological polar surface area (TPSA) is 110 Å². The van der Waals surface area contributed by atoms with Gasteiger partial charge in [0, 0.05) is 6.42 Å². The van der Waals surface area contributed by atoms with Crippen molar-refractivity contribution in [3.05, 3.63) is 5.82 Å².